The predicted octanol–water partition coefficient (Wildman–Crippen LogP) is 2.84. The average molecular weight is 418 g/mol. The number of rotatable bonds is 2. The highest BCUT2D eigenvalue weighted by Crippen LogP contribution is 2.36. The number of halogens is 1. The van der Waals surface area contributed by atoms with E-state index in [1.807, 2.05) is 24.3 Å². The molecule has 0 aromatic heterocycles. The molecule has 1 amide bonds. The van der Waals surface area contributed by atoms with Crippen molar-refractivity contribution in [3.05, 3.63) is 39.2 Å². The van der Waals surface area contributed by atoms with Crippen LogP contribution in [-0.4, -0.2) is 41.1 Å². The number of amides is 1. The maximum absolute atomic E-state index is 12.5. The number of thioether (sulfide) groups is 1. The smallest absolute Gasteiger partial charge is 0.266 e. The van der Waals surface area contributed by atoms with Gasteiger partial charge in [-0.3, -0.25) is 9.69 Å². The molecule has 1 atom stereocenters. The van der Waals surface area contributed by atoms with E-state index in [-0.39, 0.29) is 23.5 Å². The molecule has 0 bridgehead atoms. The Morgan fingerprint density at radius 2 is 2.00 bits per heavy atom. The molecule has 1 aromatic rings. The second kappa shape index (κ2) is 6.07. The largest absolute Gasteiger partial charge is 0.289 e. The van der Waals surface area contributed by atoms with Gasteiger partial charge >= 0.3 is 0 Å². The Kier molecular flexibility index (Phi) is 4.46. The zero-order valence-corrected chi connectivity index (χ0v) is 15.4. The summed E-state index contributed by atoms with van der Waals surface area (Å²) in [5.41, 5.74) is 0.905. The minimum Gasteiger partial charge on any atom is -0.289 e. The van der Waals surface area contributed by atoms with Crippen LogP contribution >= 0.6 is 39.9 Å². The van der Waals surface area contributed by atoms with Crippen LogP contribution < -0.4 is 0 Å². The van der Waals surface area contributed by atoms with Crippen LogP contribution in [0, 0.1) is 0 Å². The van der Waals surface area contributed by atoms with E-state index in [0.717, 1.165) is 10.0 Å². The van der Waals surface area contributed by atoms with Crippen molar-refractivity contribution in [3.63, 3.8) is 0 Å². The van der Waals surface area contributed by atoms with E-state index in [9.17, 15) is 13.2 Å². The number of hydrogen-bond acceptors (Lipinski definition) is 5. The molecule has 116 valence electrons. The average Bonchev–Trinajstić information content (AvgIpc) is 2.93. The first-order chi connectivity index (χ1) is 10.4. The molecule has 1 aromatic carbocycles. The minimum atomic E-state index is -3.05. The van der Waals surface area contributed by atoms with Gasteiger partial charge in [-0.05, 0) is 30.2 Å². The van der Waals surface area contributed by atoms with E-state index in [4.69, 9.17) is 12.2 Å². The van der Waals surface area contributed by atoms with Crippen molar-refractivity contribution < 1.29 is 13.2 Å². The third-order valence-corrected chi connectivity index (χ3v) is 7.17. The summed E-state index contributed by atoms with van der Waals surface area (Å²) in [6.45, 7) is 0. The number of hydrogen-bond donors (Lipinski definition) is 0. The molecule has 0 saturated carbocycles. The summed E-state index contributed by atoms with van der Waals surface area (Å²) in [6.07, 6.45) is 2.25. The van der Waals surface area contributed by atoms with Crippen molar-refractivity contribution in [3.8, 4) is 0 Å². The van der Waals surface area contributed by atoms with Gasteiger partial charge in [-0.15, -0.1) is 0 Å². The van der Waals surface area contributed by atoms with Crippen molar-refractivity contribution >= 4 is 66.1 Å². The van der Waals surface area contributed by atoms with Gasteiger partial charge in [-0.2, -0.15) is 0 Å². The van der Waals surface area contributed by atoms with Crippen molar-refractivity contribution in [1.82, 2.24) is 4.90 Å². The van der Waals surface area contributed by atoms with Crippen molar-refractivity contribution in [2.24, 2.45) is 0 Å². The molecule has 2 saturated heterocycles. The molecule has 8 heteroatoms. The second-order valence-corrected chi connectivity index (χ2v) is 9.98. The first kappa shape index (κ1) is 16.2. The van der Waals surface area contributed by atoms with Gasteiger partial charge in [0.15, 0.2) is 9.84 Å². The van der Waals surface area contributed by atoms with Crippen LogP contribution in [0.25, 0.3) is 6.08 Å². The van der Waals surface area contributed by atoms with Crippen molar-refractivity contribution in [2.45, 2.75) is 12.5 Å². The Morgan fingerprint density at radius 3 is 2.59 bits per heavy atom. The molecule has 0 spiro atoms. The molecule has 2 aliphatic rings. The lowest BCUT2D eigenvalue weighted by atomic mass is 10.2. The Bertz CT molecular complexity index is 771. The molecule has 0 radical (unpaired) electrons. The first-order valence-corrected chi connectivity index (χ1v) is 10.4. The van der Waals surface area contributed by atoms with Crippen LogP contribution in [0.15, 0.2) is 33.6 Å². The maximum Gasteiger partial charge on any atom is 0.266 e. The fourth-order valence-corrected chi connectivity index (χ4v) is 5.85. The SMILES string of the molecule is O=C1/C(=C\c2ccc(Br)cc2)SC(=S)N1[C@@H]1CCS(=O)(=O)C1. The van der Waals surface area contributed by atoms with Gasteiger partial charge in [0.05, 0.1) is 22.5 Å². The van der Waals surface area contributed by atoms with Gasteiger partial charge in [0, 0.05) is 4.47 Å². The van der Waals surface area contributed by atoms with Crippen molar-refractivity contribution in [2.75, 3.05) is 11.5 Å². The summed E-state index contributed by atoms with van der Waals surface area (Å²) in [7, 11) is -3.05. The number of sulfone groups is 1. The van der Waals surface area contributed by atoms with Crippen LogP contribution in [0.1, 0.15) is 12.0 Å². The van der Waals surface area contributed by atoms with Gasteiger partial charge in [0.1, 0.15) is 4.32 Å². The van der Waals surface area contributed by atoms with Crippen LogP contribution in [0.3, 0.4) is 0 Å². The first-order valence-electron chi connectivity index (χ1n) is 6.59. The number of thiocarbonyl (C=S) groups is 1. The van der Waals surface area contributed by atoms with E-state index in [1.54, 1.807) is 6.08 Å². The van der Waals surface area contributed by atoms with Crippen LogP contribution in [-0.2, 0) is 14.6 Å². The van der Waals surface area contributed by atoms with Gasteiger partial charge in [0.25, 0.3) is 5.91 Å². The Hall–Kier alpha value is -0.700. The highest BCUT2D eigenvalue weighted by molar-refractivity contribution is 9.10. The fraction of sp³-hybridized carbons (Fsp3) is 0.286. The monoisotopic (exact) mass is 417 g/mol. The highest BCUT2D eigenvalue weighted by Gasteiger charge is 2.41. The summed E-state index contributed by atoms with van der Waals surface area (Å²) in [5.74, 6) is -0.0640. The van der Waals surface area contributed by atoms with E-state index in [2.05, 4.69) is 15.9 Å². The third kappa shape index (κ3) is 3.29. The van der Waals surface area contributed by atoms with Gasteiger partial charge in [-0.25, -0.2) is 8.42 Å². The lowest BCUT2D eigenvalue weighted by Crippen LogP contribution is -2.39. The quantitative estimate of drug-likeness (QED) is 0.546. The molecule has 0 N–H and O–H groups in total. The minimum absolute atomic E-state index is 0.00496. The number of carbonyl (C=O) groups excluding carboxylic acids is 1. The summed E-state index contributed by atoms with van der Waals surface area (Å²) >= 11 is 9.86. The van der Waals surface area contributed by atoms with E-state index in [0.29, 0.717) is 15.6 Å². The maximum atomic E-state index is 12.5. The van der Waals surface area contributed by atoms with Crippen LogP contribution in [0.2, 0.25) is 0 Å². The summed E-state index contributed by atoms with van der Waals surface area (Å²) in [4.78, 5) is 14.5. The molecule has 2 aliphatic heterocycles. The molecular formula is C14H12BrNO3S3. The lowest BCUT2D eigenvalue weighted by Gasteiger charge is -2.20. The number of benzene rings is 1. The Balaban J connectivity index is 1.84. The van der Waals surface area contributed by atoms with E-state index < -0.39 is 9.84 Å². The number of carbonyl (C=O) groups is 1. The zero-order chi connectivity index (χ0) is 15.9. The molecule has 2 fully saturated rings. The molecule has 4 nitrogen and oxygen atoms in total. The lowest BCUT2D eigenvalue weighted by molar-refractivity contribution is -0.123. The summed E-state index contributed by atoms with van der Waals surface area (Å²) in [6, 6.07) is 7.27. The Morgan fingerprint density at radius 1 is 1.32 bits per heavy atom. The standard InChI is InChI=1S/C14H12BrNO3S3/c15-10-3-1-9(2-4-10)7-12-13(17)16(14(20)21-12)11-5-6-22(18,19)8-11/h1-4,7,11H,5-6,8H2/b12-7+/t11-/m1/s1. The Labute approximate surface area is 147 Å². The third-order valence-electron chi connectivity index (χ3n) is 3.56. The number of nitrogens with zero attached hydrogens (tertiary/aromatic N) is 1. The molecular weight excluding hydrogens is 406 g/mol. The topological polar surface area (TPSA) is 54.5 Å². The summed E-state index contributed by atoms with van der Waals surface area (Å²) in [5, 5.41) is 0. The van der Waals surface area contributed by atoms with Crippen molar-refractivity contribution in [1.29, 1.82) is 0 Å². The van der Waals surface area contributed by atoms with Gasteiger partial charge < -0.3 is 0 Å². The van der Waals surface area contributed by atoms with Crippen LogP contribution in [0.5, 0.6) is 0 Å². The molecule has 0 aliphatic carbocycles. The second-order valence-electron chi connectivity index (χ2n) is 5.16. The molecule has 0 unspecified atom stereocenters. The van der Waals surface area contributed by atoms with E-state index in [1.165, 1.54) is 16.7 Å². The van der Waals surface area contributed by atoms with E-state index >= 15 is 0 Å². The highest BCUT2D eigenvalue weighted by atomic mass is 79.9. The molecule has 22 heavy (non-hydrogen) atoms. The van der Waals surface area contributed by atoms with Gasteiger partial charge in [0.2, 0.25) is 0 Å². The zero-order valence-electron chi connectivity index (χ0n) is 11.4. The molecule has 3 rings (SSSR count). The fourth-order valence-electron chi connectivity index (χ4n) is 2.48. The van der Waals surface area contributed by atoms with Crippen LogP contribution in [0.4, 0.5) is 0 Å². The predicted molar refractivity (Wildman–Crippen MR) is 96.2 cm³/mol. The normalized spacial score (nSPS) is 26.1. The van der Waals surface area contributed by atoms with Gasteiger partial charge in [-0.1, -0.05) is 52.0 Å². The summed E-state index contributed by atoms with van der Waals surface area (Å²) < 4.78 is 24.6. The molecule has 2 heterocycles.